The monoisotopic (exact) mass is 593 g/mol. The lowest BCUT2D eigenvalue weighted by molar-refractivity contribution is -0.150. The number of carbonyl (C=O) groups excluding carboxylic acids is 1. The molecule has 1 atom stereocenters. The molecule has 0 rings (SSSR count). The van der Waals surface area contributed by atoms with E-state index in [4.69, 9.17) is 9.84 Å². The largest absolute Gasteiger partial charge is 0.481 e. The zero-order valence-electron chi connectivity index (χ0n) is 28.3. The van der Waals surface area contributed by atoms with Crippen LogP contribution in [-0.4, -0.2) is 23.1 Å². The lowest BCUT2D eigenvalue weighted by Crippen LogP contribution is -2.18. The van der Waals surface area contributed by atoms with Gasteiger partial charge in [0.1, 0.15) is 6.10 Å². The van der Waals surface area contributed by atoms with Gasteiger partial charge >= 0.3 is 11.9 Å². The molecule has 0 aromatic heterocycles. The average molecular weight is 593 g/mol. The Morgan fingerprint density at radius 2 is 0.857 bits per heavy atom. The van der Waals surface area contributed by atoms with Gasteiger partial charge in [-0.05, 0) is 64.2 Å². The summed E-state index contributed by atoms with van der Waals surface area (Å²) in [6.07, 6.45) is 41.1. The molecule has 248 valence electrons. The maximum absolute atomic E-state index is 12.5. The Morgan fingerprint density at radius 3 is 1.31 bits per heavy atom. The van der Waals surface area contributed by atoms with Gasteiger partial charge in [-0.1, -0.05) is 148 Å². The van der Waals surface area contributed by atoms with Gasteiger partial charge in [-0.2, -0.15) is 0 Å². The Kier molecular flexibility index (Phi) is 33.1. The number of hydrogen-bond acceptors (Lipinski definition) is 3. The maximum Gasteiger partial charge on any atom is 0.306 e. The molecular weight excluding hydrogens is 520 g/mol. The van der Waals surface area contributed by atoms with Gasteiger partial charge in [-0.15, -0.1) is 0 Å². The van der Waals surface area contributed by atoms with Crippen LogP contribution in [0.25, 0.3) is 0 Å². The molecule has 1 unspecified atom stereocenters. The van der Waals surface area contributed by atoms with E-state index in [1.807, 2.05) is 0 Å². The van der Waals surface area contributed by atoms with Crippen LogP contribution in [0.3, 0.4) is 0 Å². The highest BCUT2D eigenvalue weighted by atomic mass is 16.5. The summed E-state index contributed by atoms with van der Waals surface area (Å²) in [6.45, 7) is 4.50. The van der Waals surface area contributed by atoms with Crippen LogP contribution in [0.1, 0.15) is 213 Å². The van der Waals surface area contributed by atoms with Crippen LogP contribution < -0.4 is 0 Å². The molecule has 0 saturated heterocycles. The van der Waals surface area contributed by atoms with E-state index in [2.05, 4.69) is 26.0 Å². The van der Waals surface area contributed by atoms with Gasteiger partial charge in [0.05, 0.1) is 0 Å². The van der Waals surface area contributed by atoms with E-state index in [0.29, 0.717) is 6.42 Å². The van der Waals surface area contributed by atoms with Crippen LogP contribution in [0.15, 0.2) is 12.2 Å². The van der Waals surface area contributed by atoms with Crippen LogP contribution in [0.4, 0.5) is 0 Å². The third-order valence-corrected chi connectivity index (χ3v) is 8.49. The first kappa shape index (κ1) is 40.7. The van der Waals surface area contributed by atoms with Gasteiger partial charge in [0.2, 0.25) is 0 Å². The number of esters is 1. The molecule has 0 fully saturated rings. The van der Waals surface area contributed by atoms with Crippen molar-refractivity contribution in [1.29, 1.82) is 0 Å². The van der Waals surface area contributed by atoms with Crippen LogP contribution in [0.5, 0.6) is 0 Å². The Morgan fingerprint density at radius 1 is 0.500 bits per heavy atom. The topological polar surface area (TPSA) is 63.6 Å². The van der Waals surface area contributed by atoms with Crippen molar-refractivity contribution in [2.45, 2.75) is 219 Å². The first-order valence-corrected chi connectivity index (χ1v) is 18.7. The number of unbranched alkanes of at least 4 members (excludes halogenated alkanes) is 23. The van der Waals surface area contributed by atoms with Gasteiger partial charge < -0.3 is 9.84 Å². The number of allylic oxidation sites excluding steroid dienone is 2. The second-order valence-electron chi connectivity index (χ2n) is 12.8. The number of carboxylic acids is 1. The molecule has 0 amide bonds. The predicted molar refractivity (Wildman–Crippen MR) is 181 cm³/mol. The van der Waals surface area contributed by atoms with E-state index < -0.39 is 5.97 Å². The minimum Gasteiger partial charge on any atom is -0.481 e. The van der Waals surface area contributed by atoms with Gasteiger partial charge in [0, 0.05) is 12.8 Å². The summed E-state index contributed by atoms with van der Waals surface area (Å²) in [6, 6.07) is 0. The van der Waals surface area contributed by atoms with Gasteiger partial charge in [-0.25, -0.2) is 0 Å². The number of rotatable bonds is 34. The summed E-state index contributed by atoms with van der Waals surface area (Å²) in [5, 5.41) is 8.77. The maximum atomic E-state index is 12.5. The minimum absolute atomic E-state index is 0.0188. The molecule has 0 aliphatic rings. The molecule has 0 aromatic rings. The number of carbonyl (C=O) groups is 2. The van der Waals surface area contributed by atoms with E-state index in [0.717, 1.165) is 57.8 Å². The molecule has 0 heterocycles. The number of hydrogen-bond donors (Lipinski definition) is 1. The fourth-order valence-electron chi connectivity index (χ4n) is 5.71. The van der Waals surface area contributed by atoms with Gasteiger partial charge in [-0.3, -0.25) is 9.59 Å². The zero-order chi connectivity index (χ0) is 30.8. The van der Waals surface area contributed by atoms with Crippen LogP contribution in [-0.2, 0) is 14.3 Å². The summed E-state index contributed by atoms with van der Waals surface area (Å²) >= 11 is 0. The third-order valence-electron chi connectivity index (χ3n) is 8.49. The third kappa shape index (κ3) is 33.2. The van der Waals surface area contributed by atoms with Gasteiger partial charge in [0.15, 0.2) is 0 Å². The van der Waals surface area contributed by atoms with Crippen molar-refractivity contribution in [1.82, 2.24) is 0 Å². The van der Waals surface area contributed by atoms with Crippen LogP contribution in [0.2, 0.25) is 0 Å². The van der Waals surface area contributed by atoms with Crippen molar-refractivity contribution >= 4 is 11.9 Å². The summed E-state index contributed by atoms with van der Waals surface area (Å²) in [7, 11) is 0. The second-order valence-corrected chi connectivity index (χ2v) is 12.8. The highest BCUT2D eigenvalue weighted by Crippen LogP contribution is 2.18. The van der Waals surface area contributed by atoms with E-state index in [1.165, 1.54) is 128 Å². The SMILES string of the molecule is CCCCCCCC/C=C\CCCCCCCCCCCCCC(=O)OC(CCCCCC)CCCCCCC(=O)O. The fraction of sp³-hybridized carbons (Fsp3) is 0.895. The summed E-state index contributed by atoms with van der Waals surface area (Å²) in [5.74, 6) is -0.731. The van der Waals surface area contributed by atoms with Crippen molar-refractivity contribution in [2.24, 2.45) is 0 Å². The van der Waals surface area contributed by atoms with E-state index in [9.17, 15) is 9.59 Å². The highest BCUT2D eigenvalue weighted by Gasteiger charge is 2.14. The molecule has 1 N–H and O–H groups in total. The van der Waals surface area contributed by atoms with Crippen LogP contribution in [0, 0.1) is 0 Å². The summed E-state index contributed by atoms with van der Waals surface area (Å²) in [5.41, 5.74) is 0. The molecular formula is C38H72O4. The molecule has 0 spiro atoms. The Hall–Kier alpha value is -1.32. The molecule has 0 saturated carbocycles. The number of ether oxygens (including phenoxy) is 1. The Labute approximate surface area is 262 Å². The minimum atomic E-state index is -0.712. The molecule has 0 radical (unpaired) electrons. The fourth-order valence-corrected chi connectivity index (χ4v) is 5.71. The van der Waals surface area contributed by atoms with Crippen molar-refractivity contribution in [3.8, 4) is 0 Å². The van der Waals surface area contributed by atoms with Crippen LogP contribution >= 0.6 is 0 Å². The van der Waals surface area contributed by atoms with Crippen molar-refractivity contribution in [2.75, 3.05) is 0 Å². The molecule has 0 aliphatic carbocycles. The molecule has 4 heteroatoms. The lowest BCUT2D eigenvalue weighted by atomic mass is 10.0. The first-order valence-electron chi connectivity index (χ1n) is 18.7. The van der Waals surface area contributed by atoms with E-state index in [1.54, 1.807) is 0 Å². The zero-order valence-corrected chi connectivity index (χ0v) is 28.3. The normalized spacial score (nSPS) is 12.2. The number of aliphatic carboxylic acids is 1. The summed E-state index contributed by atoms with van der Waals surface area (Å²) < 4.78 is 5.88. The first-order chi connectivity index (χ1) is 20.6. The molecule has 0 aromatic carbocycles. The Bertz CT molecular complexity index is 600. The molecule has 42 heavy (non-hydrogen) atoms. The standard InChI is InChI=1S/C38H72O4/c1-3-5-7-9-10-11-12-13-14-15-16-17-18-19-20-21-22-23-24-25-31-35-38(41)42-36(32-28-8-6-4-2)33-29-26-27-30-34-37(39)40/h13-14,36H,3-12,15-35H2,1-2H3,(H,39,40)/b14-13-. The number of carboxylic acid groups (broad SMARTS) is 1. The quantitative estimate of drug-likeness (QED) is 0.0458. The Balaban J connectivity index is 3.63. The van der Waals surface area contributed by atoms with E-state index in [-0.39, 0.29) is 18.5 Å². The average Bonchev–Trinajstić information content (AvgIpc) is 2.97. The molecule has 4 nitrogen and oxygen atoms in total. The van der Waals surface area contributed by atoms with Gasteiger partial charge in [0.25, 0.3) is 0 Å². The predicted octanol–water partition coefficient (Wildman–Crippen LogP) is 12.7. The van der Waals surface area contributed by atoms with Crippen molar-refractivity contribution in [3.05, 3.63) is 12.2 Å². The van der Waals surface area contributed by atoms with Crippen molar-refractivity contribution < 1.29 is 19.4 Å². The second kappa shape index (κ2) is 34.2. The highest BCUT2D eigenvalue weighted by molar-refractivity contribution is 5.69. The van der Waals surface area contributed by atoms with Crippen molar-refractivity contribution in [3.63, 3.8) is 0 Å². The summed E-state index contributed by atoms with van der Waals surface area (Å²) in [4.78, 5) is 23.1. The molecule has 0 bridgehead atoms. The lowest BCUT2D eigenvalue weighted by Gasteiger charge is -2.18. The van der Waals surface area contributed by atoms with E-state index >= 15 is 0 Å². The molecule has 0 aliphatic heterocycles. The smallest absolute Gasteiger partial charge is 0.306 e.